The summed E-state index contributed by atoms with van der Waals surface area (Å²) in [6.45, 7) is 7.74. The van der Waals surface area contributed by atoms with Crippen LogP contribution in [-0.4, -0.2) is 31.6 Å². The molecule has 17 heavy (non-hydrogen) atoms. The lowest BCUT2D eigenvalue weighted by Gasteiger charge is -2.39. The molecule has 1 heterocycles. The molecule has 0 bridgehead atoms. The predicted molar refractivity (Wildman–Crippen MR) is 68.8 cm³/mol. The van der Waals surface area contributed by atoms with Crippen LogP contribution in [0.5, 0.6) is 0 Å². The zero-order valence-electron chi connectivity index (χ0n) is 10.6. The molecule has 3 heteroatoms. The molecular weight excluding hydrogens is 214 g/mol. The van der Waals surface area contributed by atoms with E-state index in [1.807, 2.05) is 19.1 Å². The minimum Gasteiger partial charge on any atom is -0.375 e. The maximum Gasteiger partial charge on any atom is 0.152 e. The van der Waals surface area contributed by atoms with Crippen LogP contribution >= 0.6 is 0 Å². The van der Waals surface area contributed by atoms with Crippen molar-refractivity contribution in [1.29, 1.82) is 0 Å². The summed E-state index contributed by atoms with van der Waals surface area (Å²) in [7, 11) is 0. The third-order valence-corrected chi connectivity index (χ3v) is 3.23. The van der Waals surface area contributed by atoms with Crippen molar-refractivity contribution in [2.75, 3.05) is 18.1 Å². The van der Waals surface area contributed by atoms with E-state index in [0.29, 0.717) is 12.6 Å². The molecule has 0 saturated carbocycles. The molecule has 1 aromatic rings. The molecule has 2 unspecified atom stereocenters. The van der Waals surface area contributed by atoms with Crippen molar-refractivity contribution in [1.82, 2.24) is 0 Å². The molecule has 0 spiro atoms. The number of hydrogen-bond donors (Lipinski definition) is 0. The Morgan fingerprint density at radius 1 is 1.41 bits per heavy atom. The van der Waals surface area contributed by atoms with Crippen LogP contribution in [0, 0.1) is 6.92 Å². The minimum atomic E-state index is 0.215. The third-order valence-electron chi connectivity index (χ3n) is 3.23. The van der Waals surface area contributed by atoms with E-state index in [-0.39, 0.29) is 6.10 Å². The van der Waals surface area contributed by atoms with Crippen molar-refractivity contribution in [3.05, 3.63) is 29.3 Å². The van der Waals surface area contributed by atoms with Crippen LogP contribution in [0.1, 0.15) is 29.8 Å². The highest BCUT2D eigenvalue weighted by Crippen LogP contribution is 2.25. The number of aldehydes is 1. The standard InChI is InChI=1S/C14H19NO2/c1-10-4-5-14(13(6-10)8-16)15-7-12(3)17-9-11(15)2/h4-6,8,11-12H,7,9H2,1-3H3. The second kappa shape index (κ2) is 4.88. The Balaban J connectivity index is 2.34. The lowest BCUT2D eigenvalue weighted by Crippen LogP contribution is -2.47. The highest BCUT2D eigenvalue weighted by Gasteiger charge is 2.25. The molecule has 1 fully saturated rings. The van der Waals surface area contributed by atoms with Gasteiger partial charge >= 0.3 is 0 Å². The van der Waals surface area contributed by atoms with Gasteiger partial charge in [0.15, 0.2) is 6.29 Å². The van der Waals surface area contributed by atoms with Crippen molar-refractivity contribution in [3.8, 4) is 0 Å². The number of hydrogen-bond acceptors (Lipinski definition) is 3. The molecule has 3 nitrogen and oxygen atoms in total. The molecule has 1 aliphatic heterocycles. The first-order valence-corrected chi connectivity index (χ1v) is 6.06. The molecule has 0 radical (unpaired) electrons. The van der Waals surface area contributed by atoms with E-state index in [2.05, 4.69) is 24.8 Å². The van der Waals surface area contributed by atoms with Crippen LogP contribution in [0.3, 0.4) is 0 Å². The third kappa shape index (κ3) is 2.50. The molecule has 0 aliphatic carbocycles. The van der Waals surface area contributed by atoms with Gasteiger partial charge in [0.1, 0.15) is 0 Å². The summed E-state index contributed by atoms with van der Waals surface area (Å²) in [6.07, 6.45) is 1.15. The molecular formula is C14H19NO2. The Labute approximate surface area is 102 Å². The van der Waals surface area contributed by atoms with E-state index in [0.717, 1.165) is 29.6 Å². The minimum absolute atomic E-state index is 0.215. The van der Waals surface area contributed by atoms with Crippen LogP contribution in [0.2, 0.25) is 0 Å². The van der Waals surface area contributed by atoms with E-state index in [9.17, 15) is 4.79 Å². The molecule has 0 amide bonds. The zero-order valence-corrected chi connectivity index (χ0v) is 10.6. The molecule has 0 N–H and O–H groups in total. The van der Waals surface area contributed by atoms with Crippen LogP contribution in [0.25, 0.3) is 0 Å². The largest absolute Gasteiger partial charge is 0.375 e. The summed E-state index contributed by atoms with van der Waals surface area (Å²) in [6, 6.07) is 6.34. The Bertz CT molecular complexity index is 417. The number of carbonyl (C=O) groups is 1. The van der Waals surface area contributed by atoms with Gasteiger partial charge in [-0.15, -0.1) is 0 Å². The quantitative estimate of drug-likeness (QED) is 0.735. The first kappa shape index (κ1) is 12.1. The van der Waals surface area contributed by atoms with E-state index >= 15 is 0 Å². The fraction of sp³-hybridized carbons (Fsp3) is 0.500. The SMILES string of the molecule is Cc1ccc(N2CC(C)OCC2C)c(C=O)c1. The fourth-order valence-electron chi connectivity index (χ4n) is 2.27. The van der Waals surface area contributed by atoms with Crippen molar-refractivity contribution in [2.24, 2.45) is 0 Å². The fourth-order valence-corrected chi connectivity index (χ4v) is 2.27. The van der Waals surface area contributed by atoms with E-state index in [4.69, 9.17) is 4.74 Å². The van der Waals surface area contributed by atoms with Crippen LogP contribution in [0.15, 0.2) is 18.2 Å². The first-order chi connectivity index (χ1) is 8.11. The highest BCUT2D eigenvalue weighted by atomic mass is 16.5. The second-order valence-corrected chi connectivity index (χ2v) is 4.83. The van der Waals surface area contributed by atoms with Gasteiger partial charge in [-0.2, -0.15) is 0 Å². The number of benzene rings is 1. The van der Waals surface area contributed by atoms with Crippen LogP contribution in [-0.2, 0) is 4.74 Å². The van der Waals surface area contributed by atoms with Gasteiger partial charge in [-0.1, -0.05) is 11.6 Å². The smallest absolute Gasteiger partial charge is 0.152 e. The number of aryl methyl sites for hydroxylation is 1. The van der Waals surface area contributed by atoms with Crippen molar-refractivity contribution in [2.45, 2.75) is 32.9 Å². The molecule has 92 valence electrons. The number of morpholine rings is 1. The van der Waals surface area contributed by atoms with Crippen molar-refractivity contribution < 1.29 is 9.53 Å². The second-order valence-electron chi connectivity index (χ2n) is 4.83. The summed E-state index contributed by atoms with van der Waals surface area (Å²) in [5, 5.41) is 0. The zero-order chi connectivity index (χ0) is 12.4. The monoisotopic (exact) mass is 233 g/mol. The lowest BCUT2D eigenvalue weighted by atomic mass is 10.1. The van der Waals surface area contributed by atoms with Gasteiger partial charge in [-0.25, -0.2) is 0 Å². The maximum absolute atomic E-state index is 11.2. The van der Waals surface area contributed by atoms with Crippen LogP contribution in [0.4, 0.5) is 5.69 Å². The van der Waals surface area contributed by atoms with Gasteiger partial charge in [0, 0.05) is 23.8 Å². The number of anilines is 1. The lowest BCUT2D eigenvalue weighted by molar-refractivity contribution is 0.0343. The molecule has 2 atom stereocenters. The average molecular weight is 233 g/mol. The average Bonchev–Trinajstić information content (AvgIpc) is 2.32. The molecule has 2 rings (SSSR count). The van der Waals surface area contributed by atoms with Crippen LogP contribution < -0.4 is 4.90 Å². The Kier molecular flexibility index (Phi) is 3.48. The molecule has 1 saturated heterocycles. The molecule has 0 aromatic heterocycles. The Hall–Kier alpha value is -1.35. The number of rotatable bonds is 2. The Morgan fingerprint density at radius 3 is 2.88 bits per heavy atom. The summed E-state index contributed by atoms with van der Waals surface area (Å²) >= 11 is 0. The normalized spacial score (nSPS) is 24.8. The van der Waals surface area contributed by atoms with E-state index < -0.39 is 0 Å². The summed E-state index contributed by atoms with van der Waals surface area (Å²) in [5.74, 6) is 0. The Morgan fingerprint density at radius 2 is 2.18 bits per heavy atom. The van der Waals surface area contributed by atoms with E-state index in [1.165, 1.54) is 0 Å². The topological polar surface area (TPSA) is 29.5 Å². The number of ether oxygens (including phenoxy) is 1. The van der Waals surface area contributed by atoms with Gasteiger partial charge < -0.3 is 9.64 Å². The van der Waals surface area contributed by atoms with Gasteiger partial charge in [-0.3, -0.25) is 4.79 Å². The summed E-state index contributed by atoms with van der Waals surface area (Å²) < 4.78 is 5.61. The van der Waals surface area contributed by atoms with Gasteiger partial charge in [0.05, 0.1) is 12.7 Å². The molecule has 1 aliphatic rings. The van der Waals surface area contributed by atoms with Gasteiger partial charge in [0.2, 0.25) is 0 Å². The van der Waals surface area contributed by atoms with E-state index in [1.54, 1.807) is 0 Å². The van der Waals surface area contributed by atoms with Gasteiger partial charge in [-0.05, 0) is 32.9 Å². The predicted octanol–water partition coefficient (Wildman–Crippen LogP) is 2.42. The number of nitrogens with zero attached hydrogens (tertiary/aromatic N) is 1. The molecule has 1 aromatic carbocycles. The number of carbonyl (C=O) groups excluding carboxylic acids is 1. The van der Waals surface area contributed by atoms with Gasteiger partial charge in [0.25, 0.3) is 0 Å². The highest BCUT2D eigenvalue weighted by molar-refractivity contribution is 5.85. The van der Waals surface area contributed by atoms with Crippen molar-refractivity contribution in [3.63, 3.8) is 0 Å². The summed E-state index contributed by atoms with van der Waals surface area (Å²) in [5.41, 5.74) is 2.91. The maximum atomic E-state index is 11.2. The summed E-state index contributed by atoms with van der Waals surface area (Å²) in [4.78, 5) is 13.4. The van der Waals surface area contributed by atoms with Crippen molar-refractivity contribution >= 4 is 12.0 Å². The first-order valence-electron chi connectivity index (χ1n) is 6.06.